The van der Waals surface area contributed by atoms with Crippen LogP contribution in [-0.4, -0.2) is 20.2 Å². The molecule has 0 amide bonds. The van der Waals surface area contributed by atoms with E-state index in [9.17, 15) is 4.79 Å². The summed E-state index contributed by atoms with van der Waals surface area (Å²) in [5, 5.41) is 0.223. The highest BCUT2D eigenvalue weighted by atomic mass is 28.4. The molecule has 0 saturated heterocycles. The molecule has 3 heteroatoms. The Bertz CT molecular complexity index is 938. The van der Waals surface area contributed by atoms with E-state index in [1.165, 1.54) is 44.1 Å². The maximum atomic E-state index is 13.9. The van der Waals surface area contributed by atoms with Crippen molar-refractivity contribution in [2.45, 2.75) is 138 Å². The molecule has 0 aromatic heterocycles. The smallest absolute Gasteiger partial charge is 0.192 e. The Morgan fingerprint density at radius 1 is 1.03 bits per heavy atom. The predicted molar refractivity (Wildman–Crippen MR) is 165 cm³/mol. The molecule has 38 heavy (non-hydrogen) atoms. The first-order valence-corrected chi connectivity index (χ1v) is 19.1. The third kappa shape index (κ3) is 5.22. The van der Waals surface area contributed by atoms with Crippen LogP contribution in [0.1, 0.15) is 114 Å². The van der Waals surface area contributed by atoms with Crippen LogP contribution < -0.4 is 0 Å². The highest BCUT2D eigenvalue weighted by molar-refractivity contribution is 6.74. The van der Waals surface area contributed by atoms with Gasteiger partial charge in [-0.05, 0) is 122 Å². The molecule has 0 heterocycles. The largest absolute Gasteiger partial charge is 0.414 e. The molecule has 3 fully saturated rings. The first-order valence-electron chi connectivity index (χ1n) is 16.2. The van der Waals surface area contributed by atoms with Gasteiger partial charge >= 0.3 is 0 Å². The first kappa shape index (κ1) is 30.3. The van der Waals surface area contributed by atoms with Crippen molar-refractivity contribution in [3.63, 3.8) is 0 Å². The van der Waals surface area contributed by atoms with Crippen LogP contribution in [0.5, 0.6) is 0 Å². The van der Waals surface area contributed by atoms with E-state index in [4.69, 9.17) is 4.43 Å². The maximum Gasteiger partial charge on any atom is 0.192 e. The van der Waals surface area contributed by atoms with Crippen LogP contribution >= 0.6 is 0 Å². The number of rotatable bonds is 7. The molecule has 3 saturated carbocycles. The van der Waals surface area contributed by atoms with Crippen molar-refractivity contribution in [1.29, 1.82) is 0 Å². The van der Waals surface area contributed by atoms with Gasteiger partial charge in [0.1, 0.15) is 0 Å². The van der Waals surface area contributed by atoms with Crippen molar-refractivity contribution in [2.24, 2.45) is 52.3 Å². The lowest BCUT2D eigenvalue weighted by atomic mass is 9.46. The van der Waals surface area contributed by atoms with Crippen LogP contribution in [0.25, 0.3) is 0 Å². The van der Waals surface area contributed by atoms with Gasteiger partial charge in [0.15, 0.2) is 14.1 Å². The third-order valence-corrected chi connectivity index (χ3v) is 17.4. The van der Waals surface area contributed by atoms with E-state index in [2.05, 4.69) is 93.6 Å². The lowest BCUT2D eigenvalue weighted by Crippen LogP contribution is -2.54. The number of carbonyl (C=O) groups is 1. The van der Waals surface area contributed by atoms with Crippen LogP contribution in [0.2, 0.25) is 18.1 Å². The summed E-state index contributed by atoms with van der Waals surface area (Å²) in [5.74, 6) is 4.45. The van der Waals surface area contributed by atoms with Crippen LogP contribution in [0.4, 0.5) is 0 Å². The second kappa shape index (κ2) is 10.6. The van der Waals surface area contributed by atoms with Gasteiger partial charge in [-0.25, -0.2) is 0 Å². The van der Waals surface area contributed by atoms with Gasteiger partial charge in [0.25, 0.3) is 0 Å². The quantitative estimate of drug-likeness (QED) is 0.237. The molecule has 0 radical (unpaired) electrons. The minimum atomic E-state index is -1.81. The molecular formula is C35H60O2Si. The SMILES string of the molecule is CC[C@H](/C=C/[C@@H](C)[C@H]1CC[C@H]2[C@@H]3C(=O)C=C4C[C@@H](O[Si](C)(C)C(C)(C)C)CC[C@]4(C)[C@H]3CC[C@]12C)C(C)C. The van der Waals surface area contributed by atoms with E-state index in [-0.39, 0.29) is 22.5 Å². The first-order chi connectivity index (χ1) is 17.5. The van der Waals surface area contributed by atoms with Crippen LogP contribution in [-0.2, 0) is 9.22 Å². The number of carbonyl (C=O) groups excluding carboxylic acids is 1. The summed E-state index contributed by atoms with van der Waals surface area (Å²) in [4.78, 5) is 13.9. The predicted octanol–water partition coefficient (Wildman–Crippen LogP) is 10.0. The molecule has 4 aliphatic rings. The van der Waals surface area contributed by atoms with Crippen LogP contribution in [0.15, 0.2) is 23.8 Å². The van der Waals surface area contributed by atoms with Gasteiger partial charge in [-0.2, -0.15) is 0 Å². The van der Waals surface area contributed by atoms with E-state index in [1.54, 1.807) is 0 Å². The number of allylic oxidation sites excluding steroid dienone is 3. The van der Waals surface area contributed by atoms with E-state index in [0.29, 0.717) is 46.7 Å². The molecule has 0 aromatic rings. The van der Waals surface area contributed by atoms with Crippen molar-refractivity contribution < 1.29 is 9.22 Å². The van der Waals surface area contributed by atoms with Gasteiger partial charge in [-0.3, -0.25) is 4.79 Å². The number of fused-ring (bicyclic) bond motifs is 5. The van der Waals surface area contributed by atoms with Crippen LogP contribution in [0, 0.1) is 52.3 Å². The van der Waals surface area contributed by atoms with Crippen molar-refractivity contribution in [2.75, 3.05) is 0 Å². The average Bonchev–Trinajstić information content (AvgIpc) is 3.16. The molecule has 0 unspecified atom stereocenters. The fraction of sp³-hybridized carbons (Fsp3) is 0.857. The Labute approximate surface area is 237 Å². The fourth-order valence-corrected chi connectivity index (χ4v) is 10.6. The number of hydrogen-bond donors (Lipinski definition) is 0. The van der Waals surface area contributed by atoms with Gasteiger partial charge in [-0.1, -0.05) is 80.0 Å². The maximum absolute atomic E-state index is 13.9. The summed E-state index contributed by atoms with van der Waals surface area (Å²) in [6.45, 7) is 26.3. The molecule has 0 N–H and O–H groups in total. The molecule has 0 aromatic carbocycles. The van der Waals surface area contributed by atoms with Crippen molar-refractivity contribution in [1.82, 2.24) is 0 Å². The molecule has 2 nitrogen and oxygen atoms in total. The van der Waals surface area contributed by atoms with Gasteiger partial charge in [0.05, 0.1) is 0 Å². The molecule has 4 rings (SSSR count). The molecule has 0 bridgehead atoms. The van der Waals surface area contributed by atoms with E-state index < -0.39 is 8.32 Å². The summed E-state index contributed by atoms with van der Waals surface area (Å²) < 4.78 is 6.88. The summed E-state index contributed by atoms with van der Waals surface area (Å²) >= 11 is 0. The van der Waals surface area contributed by atoms with E-state index in [0.717, 1.165) is 12.8 Å². The zero-order valence-corrected chi connectivity index (χ0v) is 27.8. The highest BCUT2D eigenvalue weighted by Crippen LogP contribution is 2.66. The Morgan fingerprint density at radius 2 is 1.71 bits per heavy atom. The fourth-order valence-electron chi connectivity index (χ4n) is 9.25. The van der Waals surface area contributed by atoms with Gasteiger partial charge in [0.2, 0.25) is 0 Å². The zero-order valence-electron chi connectivity index (χ0n) is 26.8. The van der Waals surface area contributed by atoms with E-state index in [1.807, 2.05) is 0 Å². The van der Waals surface area contributed by atoms with Crippen molar-refractivity contribution >= 4 is 14.1 Å². The standard InChI is InChI=1S/C35H60O2Si/c1-12-25(23(2)3)14-13-24(4)28-15-16-29-32-30(18-20-35(28,29)9)34(8)19-17-27(21-26(34)22-31(32)36)37-38(10,11)33(5,6)7/h13-14,22-25,27-30,32H,12,15-21H2,1-11H3/b14-13+/t24-,25-,27+,28-,29+,30+,32+,34+,35-/m1/s1. The normalized spacial score (nSPS) is 39.5. The van der Waals surface area contributed by atoms with Crippen molar-refractivity contribution in [3.8, 4) is 0 Å². The Balaban J connectivity index is 1.53. The minimum Gasteiger partial charge on any atom is -0.414 e. The number of hydrogen-bond acceptors (Lipinski definition) is 2. The Morgan fingerprint density at radius 3 is 2.32 bits per heavy atom. The molecular weight excluding hydrogens is 480 g/mol. The molecule has 0 spiro atoms. The summed E-state index contributed by atoms with van der Waals surface area (Å²) in [5.41, 5.74) is 1.90. The zero-order chi connectivity index (χ0) is 28.3. The van der Waals surface area contributed by atoms with Gasteiger partial charge in [0, 0.05) is 12.0 Å². The van der Waals surface area contributed by atoms with E-state index >= 15 is 0 Å². The van der Waals surface area contributed by atoms with Crippen LogP contribution in [0.3, 0.4) is 0 Å². The summed E-state index contributed by atoms with van der Waals surface area (Å²) in [7, 11) is -1.81. The molecule has 0 aliphatic heterocycles. The van der Waals surface area contributed by atoms with Gasteiger partial charge in [-0.15, -0.1) is 0 Å². The third-order valence-electron chi connectivity index (χ3n) is 12.9. The molecule has 4 aliphatic carbocycles. The summed E-state index contributed by atoms with van der Waals surface area (Å²) in [6.07, 6.45) is 17.1. The Hall–Kier alpha value is -0.673. The second-order valence-corrected chi connectivity index (χ2v) is 21.0. The highest BCUT2D eigenvalue weighted by Gasteiger charge is 2.61. The summed E-state index contributed by atoms with van der Waals surface area (Å²) in [6, 6.07) is 0. The lowest BCUT2D eigenvalue weighted by Gasteiger charge is -2.58. The topological polar surface area (TPSA) is 26.3 Å². The average molecular weight is 541 g/mol. The number of ketones is 1. The second-order valence-electron chi connectivity index (χ2n) is 16.3. The minimum absolute atomic E-state index is 0.183. The molecule has 9 atom stereocenters. The lowest BCUT2D eigenvalue weighted by molar-refractivity contribution is -0.134. The monoisotopic (exact) mass is 540 g/mol. The van der Waals surface area contributed by atoms with Gasteiger partial charge < -0.3 is 4.43 Å². The molecule has 216 valence electrons. The van der Waals surface area contributed by atoms with Crippen molar-refractivity contribution in [3.05, 3.63) is 23.8 Å². The Kier molecular flexibility index (Phi) is 8.47.